The Balaban J connectivity index is 0.000000337. The van der Waals surface area contributed by atoms with Crippen molar-refractivity contribution in [2.45, 2.75) is 38.6 Å². The van der Waals surface area contributed by atoms with Gasteiger partial charge in [0.1, 0.15) is 11.5 Å². The third-order valence-corrected chi connectivity index (χ3v) is 8.65. The molecule has 5 rings (SSSR count). The van der Waals surface area contributed by atoms with E-state index in [1.165, 1.54) is 0 Å². The Morgan fingerprint density at radius 3 is 2.35 bits per heavy atom. The summed E-state index contributed by atoms with van der Waals surface area (Å²) in [5.74, 6) is 1.68. The number of anilines is 2. The summed E-state index contributed by atoms with van der Waals surface area (Å²) in [6.07, 6.45) is 7.78. The van der Waals surface area contributed by atoms with Crippen LogP contribution >= 0.6 is 0 Å². The molecule has 1 aromatic heterocycles. The number of amides is 2. The lowest BCUT2D eigenvalue weighted by Gasteiger charge is -2.33. The Bertz CT molecular complexity index is 1660. The van der Waals surface area contributed by atoms with Gasteiger partial charge in [-0.05, 0) is 96.8 Å². The smallest absolute Gasteiger partial charge is 0.251 e. The number of fused-ring (bicyclic) bond motifs is 1. The first-order chi connectivity index (χ1) is 22.2. The number of ether oxygens (including phenoxy) is 2. The number of hydrogen-bond acceptors (Lipinski definition) is 6. The second-order valence-corrected chi connectivity index (χ2v) is 11.5. The number of methoxy groups -OCH3 is 2. The van der Waals surface area contributed by atoms with Crippen molar-refractivity contribution in [1.29, 1.82) is 0 Å². The molecule has 0 atom stereocenters. The summed E-state index contributed by atoms with van der Waals surface area (Å²) >= 11 is 0. The van der Waals surface area contributed by atoms with Gasteiger partial charge in [-0.15, -0.1) is 6.58 Å². The lowest BCUT2D eigenvalue weighted by molar-refractivity contribution is -0.116. The number of hydrogen-bond donors (Lipinski definition) is 2. The third-order valence-electron chi connectivity index (χ3n) is 8.65. The normalized spacial score (nSPS) is 13.4. The summed E-state index contributed by atoms with van der Waals surface area (Å²) in [6, 6.07) is 20.0. The van der Waals surface area contributed by atoms with Crippen molar-refractivity contribution in [2.24, 2.45) is 0 Å². The molecule has 1 aliphatic heterocycles. The molecule has 9 heteroatoms. The molecule has 46 heavy (non-hydrogen) atoms. The molecular formula is C37H47N5O4. The molecule has 0 radical (unpaired) electrons. The minimum atomic E-state index is -0.0570. The second kappa shape index (κ2) is 16.0. The topological polar surface area (TPSA) is 102 Å². The van der Waals surface area contributed by atoms with Crippen molar-refractivity contribution < 1.29 is 19.1 Å². The molecule has 2 heterocycles. The van der Waals surface area contributed by atoms with Crippen LogP contribution in [0.2, 0.25) is 0 Å². The van der Waals surface area contributed by atoms with E-state index in [-0.39, 0.29) is 11.8 Å². The van der Waals surface area contributed by atoms with Crippen LogP contribution in [0.25, 0.3) is 10.9 Å². The molecule has 1 fully saturated rings. The van der Waals surface area contributed by atoms with Crippen molar-refractivity contribution in [3.63, 3.8) is 0 Å². The van der Waals surface area contributed by atoms with Crippen LogP contribution in [-0.4, -0.2) is 69.2 Å². The maximum Gasteiger partial charge on any atom is 0.251 e. The highest BCUT2D eigenvalue weighted by Gasteiger charge is 2.22. The number of rotatable bonds is 10. The van der Waals surface area contributed by atoms with Crippen molar-refractivity contribution in [2.75, 3.05) is 58.6 Å². The van der Waals surface area contributed by atoms with Crippen molar-refractivity contribution >= 4 is 34.1 Å². The minimum Gasteiger partial charge on any atom is -0.496 e. The van der Waals surface area contributed by atoms with Gasteiger partial charge in [-0.3, -0.25) is 9.59 Å². The van der Waals surface area contributed by atoms with E-state index in [1.807, 2.05) is 54.6 Å². The molecule has 0 bridgehead atoms. The minimum absolute atomic E-state index is 0.0122. The van der Waals surface area contributed by atoms with E-state index in [2.05, 4.69) is 39.7 Å². The fraction of sp³-hybridized carbons (Fsp3) is 0.351. The Morgan fingerprint density at radius 2 is 1.70 bits per heavy atom. The van der Waals surface area contributed by atoms with Crippen LogP contribution in [0.1, 0.15) is 47.3 Å². The fourth-order valence-corrected chi connectivity index (χ4v) is 5.92. The zero-order valence-corrected chi connectivity index (χ0v) is 27.7. The number of benzene rings is 3. The van der Waals surface area contributed by atoms with Gasteiger partial charge in [-0.1, -0.05) is 12.1 Å². The van der Waals surface area contributed by atoms with Gasteiger partial charge < -0.3 is 34.9 Å². The summed E-state index contributed by atoms with van der Waals surface area (Å²) in [6.45, 7) is 8.23. The van der Waals surface area contributed by atoms with Crippen LogP contribution in [0.5, 0.6) is 11.5 Å². The average Bonchev–Trinajstić information content (AvgIpc) is 3.50. The molecule has 1 aliphatic rings. The Hall–Kier alpha value is -4.76. The van der Waals surface area contributed by atoms with Crippen LogP contribution in [0.15, 0.2) is 79.5 Å². The number of nitrogen functional groups attached to an aromatic ring is 1. The van der Waals surface area contributed by atoms with Gasteiger partial charge in [0.2, 0.25) is 5.91 Å². The summed E-state index contributed by atoms with van der Waals surface area (Å²) in [7, 11) is 6.80. The summed E-state index contributed by atoms with van der Waals surface area (Å²) < 4.78 is 13.1. The first-order valence-corrected chi connectivity index (χ1v) is 15.7. The number of likely N-dealkylation sites (tertiary alicyclic amines) is 1. The zero-order chi connectivity index (χ0) is 33.2. The Morgan fingerprint density at radius 1 is 1.00 bits per heavy atom. The highest BCUT2D eigenvalue weighted by molar-refractivity contribution is 5.98. The lowest BCUT2D eigenvalue weighted by atomic mass is 10.0. The van der Waals surface area contributed by atoms with E-state index in [0.29, 0.717) is 11.6 Å². The highest BCUT2D eigenvalue weighted by atomic mass is 16.5. The molecule has 9 nitrogen and oxygen atoms in total. The monoisotopic (exact) mass is 625 g/mol. The molecule has 3 aromatic carbocycles. The molecule has 0 saturated carbocycles. The molecular weight excluding hydrogens is 578 g/mol. The zero-order valence-electron chi connectivity index (χ0n) is 27.7. The summed E-state index contributed by atoms with van der Waals surface area (Å²) in [5.41, 5.74) is 11.3. The van der Waals surface area contributed by atoms with Gasteiger partial charge in [-0.25, -0.2) is 0 Å². The number of allylic oxidation sites excluding steroid dienone is 1. The molecule has 1 saturated heterocycles. The molecule has 0 spiro atoms. The number of aromatic nitrogens is 1. The van der Waals surface area contributed by atoms with E-state index >= 15 is 0 Å². The fourth-order valence-electron chi connectivity index (χ4n) is 5.92. The molecule has 0 unspecified atom stereocenters. The first kappa shape index (κ1) is 34.1. The van der Waals surface area contributed by atoms with Crippen LogP contribution in [0.4, 0.5) is 11.4 Å². The predicted molar refractivity (Wildman–Crippen MR) is 187 cm³/mol. The number of nitrogens with zero attached hydrogens (tertiary/aromatic N) is 3. The van der Waals surface area contributed by atoms with E-state index in [9.17, 15) is 9.59 Å². The Labute approximate surface area is 272 Å². The largest absolute Gasteiger partial charge is 0.496 e. The van der Waals surface area contributed by atoms with Crippen LogP contribution in [0.3, 0.4) is 0 Å². The van der Waals surface area contributed by atoms with Gasteiger partial charge in [0.05, 0.1) is 14.2 Å². The first-order valence-electron chi connectivity index (χ1n) is 15.7. The lowest BCUT2D eigenvalue weighted by Crippen LogP contribution is -2.36. The summed E-state index contributed by atoms with van der Waals surface area (Å²) in [5, 5.41) is 3.87. The van der Waals surface area contributed by atoms with Crippen LogP contribution in [0, 0.1) is 0 Å². The van der Waals surface area contributed by atoms with Gasteiger partial charge in [0, 0.05) is 75.3 Å². The second-order valence-electron chi connectivity index (χ2n) is 11.5. The van der Waals surface area contributed by atoms with Crippen molar-refractivity contribution in [1.82, 2.24) is 14.8 Å². The third kappa shape index (κ3) is 8.28. The van der Waals surface area contributed by atoms with Crippen molar-refractivity contribution in [3.8, 4) is 11.5 Å². The van der Waals surface area contributed by atoms with Crippen LogP contribution in [-0.2, 0) is 17.6 Å². The number of nitrogens with one attached hydrogen (secondary N) is 1. The van der Waals surface area contributed by atoms with E-state index in [0.717, 1.165) is 90.2 Å². The van der Waals surface area contributed by atoms with Crippen molar-refractivity contribution in [3.05, 3.63) is 96.2 Å². The van der Waals surface area contributed by atoms with E-state index in [1.54, 1.807) is 40.1 Å². The molecule has 0 aliphatic carbocycles. The van der Waals surface area contributed by atoms with Gasteiger partial charge in [0.25, 0.3) is 5.91 Å². The Kier molecular flexibility index (Phi) is 11.9. The predicted octanol–water partition coefficient (Wildman–Crippen LogP) is 5.88. The summed E-state index contributed by atoms with van der Waals surface area (Å²) in [4.78, 5) is 28.0. The molecule has 4 aromatic rings. The highest BCUT2D eigenvalue weighted by Crippen LogP contribution is 2.30. The van der Waals surface area contributed by atoms with Gasteiger partial charge in [0.15, 0.2) is 0 Å². The van der Waals surface area contributed by atoms with E-state index in [4.69, 9.17) is 15.2 Å². The van der Waals surface area contributed by atoms with E-state index < -0.39 is 0 Å². The molecule has 3 N–H and O–H groups in total. The van der Waals surface area contributed by atoms with Gasteiger partial charge in [-0.2, -0.15) is 0 Å². The number of nitrogens with two attached hydrogens (primary N) is 1. The quantitative estimate of drug-likeness (QED) is 0.169. The SMILES string of the molecule is C=CCc1cc(N)ccc1OC.CNC(=O)c1ccc2ccn(C3CCN(CCc4cc(N(C)C(C)=O)ccc4OC)CC3)c2c1. The number of carbonyl (C=O) groups excluding carboxylic acids is 2. The standard InChI is InChI=1S/C27H34N4O3.C10H13NO/c1-19(32)29(3)24-7-8-26(34-4)21(17-24)9-13-30-14-11-23(12-15-30)31-16-10-20-5-6-22(18-25(20)31)27(33)28-2;1-3-4-8-7-9(11)5-6-10(8)12-2/h5-8,10,16-18,23H,9,11-15H2,1-4H3,(H,28,33);3,5-7H,1,4,11H2,2H3. The maximum absolute atomic E-state index is 12.1. The molecule has 2 amide bonds. The van der Waals surface area contributed by atoms with Gasteiger partial charge >= 0.3 is 0 Å². The number of carbonyl (C=O) groups is 2. The number of piperidine rings is 1. The molecule has 244 valence electrons. The maximum atomic E-state index is 12.1. The van der Waals surface area contributed by atoms with Crippen LogP contribution < -0.4 is 25.4 Å². The average molecular weight is 626 g/mol.